The third-order valence-electron chi connectivity index (χ3n) is 3.34. The molecule has 0 amide bonds. The molecule has 3 heteroatoms. The fourth-order valence-electron chi connectivity index (χ4n) is 1.92. The van der Waals surface area contributed by atoms with Crippen LogP contribution in [-0.4, -0.2) is 7.05 Å². The molecule has 2 aromatic rings. The van der Waals surface area contributed by atoms with Crippen molar-refractivity contribution in [1.29, 1.82) is 5.26 Å². The van der Waals surface area contributed by atoms with E-state index in [0.717, 1.165) is 17.1 Å². The highest BCUT2D eigenvalue weighted by Crippen LogP contribution is 2.27. The zero-order chi connectivity index (χ0) is 14.5. The van der Waals surface area contributed by atoms with Crippen molar-refractivity contribution in [3.05, 3.63) is 59.2 Å². The maximum Gasteiger partial charge on any atom is 0.131 e. The van der Waals surface area contributed by atoms with Crippen LogP contribution in [0.1, 0.15) is 29.7 Å². The number of hydrogen-bond acceptors (Lipinski definition) is 3. The summed E-state index contributed by atoms with van der Waals surface area (Å²) in [5, 5.41) is 12.2. The molecule has 20 heavy (non-hydrogen) atoms. The van der Waals surface area contributed by atoms with Crippen LogP contribution in [0, 0.1) is 18.3 Å². The molecule has 2 rings (SSSR count). The van der Waals surface area contributed by atoms with Crippen LogP contribution in [0.5, 0.6) is 11.5 Å². The van der Waals surface area contributed by atoms with E-state index in [9.17, 15) is 0 Å². The van der Waals surface area contributed by atoms with E-state index >= 15 is 0 Å². The number of benzene rings is 2. The molecule has 1 atom stereocenters. The van der Waals surface area contributed by atoms with E-state index in [1.165, 1.54) is 5.56 Å². The van der Waals surface area contributed by atoms with E-state index in [1.54, 1.807) is 12.1 Å². The molecule has 0 saturated carbocycles. The molecule has 2 aromatic carbocycles. The first-order chi connectivity index (χ1) is 9.63. The molecule has 0 bridgehead atoms. The lowest BCUT2D eigenvalue weighted by atomic mass is 10.1. The predicted molar refractivity (Wildman–Crippen MR) is 79.9 cm³/mol. The second-order valence-corrected chi connectivity index (χ2v) is 4.78. The Morgan fingerprint density at radius 3 is 2.70 bits per heavy atom. The first-order valence-corrected chi connectivity index (χ1v) is 6.60. The maximum absolute atomic E-state index is 8.95. The summed E-state index contributed by atoms with van der Waals surface area (Å²) in [4.78, 5) is 0. The van der Waals surface area contributed by atoms with Crippen LogP contribution in [0.3, 0.4) is 0 Å². The fourth-order valence-corrected chi connectivity index (χ4v) is 1.92. The van der Waals surface area contributed by atoms with Crippen molar-refractivity contribution in [3.8, 4) is 17.6 Å². The molecule has 0 aliphatic rings. The van der Waals surface area contributed by atoms with Crippen molar-refractivity contribution in [2.24, 2.45) is 0 Å². The highest BCUT2D eigenvalue weighted by molar-refractivity contribution is 5.44. The first kappa shape index (κ1) is 14.1. The van der Waals surface area contributed by atoms with Gasteiger partial charge in [0.05, 0.1) is 11.6 Å². The van der Waals surface area contributed by atoms with Gasteiger partial charge >= 0.3 is 0 Å². The summed E-state index contributed by atoms with van der Waals surface area (Å²) < 4.78 is 5.91. The van der Waals surface area contributed by atoms with Crippen LogP contribution in [-0.2, 0) is 0 Å². The Kier molecular flexibility index (Phi) is 4.39. The van der Waals surface area contributed by atoms with E-state index < -0.39 is 0 Å². The number of nitrogens with one attached hydrogen (secondary N) is 1. The average Bonchev–Trinajstić information content (AvgIpc) is 2.49. The van der Waals surface area contributed by atoms with Gasteiger partial charge in [0.2, 0.25) is 0 Å². The molecule has 0 spiro atoms. The van der Waals surface area contributed by atoms with Crippen molar-refractivity contribution < 1.29 is 4.74 Å². The largest absolute Gasteiger partial charge is 0.457 e. The minimum atomic E-state index is 0.269. The van der Waals surface area contributed by atoms with Crippen molar-refractivity contribution in [1.82, 2.24) is 5.32 Å². The molecule has 0 radical (unpaired) electrons. The quantitative estimate of drug-likeness (QED) is 0.911. The summed E-state index contributed by atoms with van der Waals surface area (Å²) in [7, 11) is 1.93. The molecule has 1 N–H and O–H groups in total. The Morgan fingerprint density at radius 2 is 2.00 bits per heavy atom. The van der Waals surface area contributed by atoms with E-state index in [2.05, 4.69) is 24.4 Å². The van der Waals surface area contributed by atoms with E-state index in [0.29, 0.717) is 5.56 Å². The van der Waals surface area contributed by atoms with Gasteiger partial charge < -0.3 is 10.1 Å². The van der Waals surface area contributed by atoms with Crippen LogP contribution >= 0.6 is 0 Å². The number of nitriles is 1. The van der Waals surface area contributed by atoms with E-state index in [-0.39, 0.29) is 6.04 Å². The van der Waals surface area contributed by atoms with Crippen LogP contribution in [0.15, 0.2) is 42.5 Å². The van der Waals surface area contributed by atoms with Gasteiger partial charge in [-0.2, -0.15) is 5.26 Å². The van der Waals surface area contributed by atoms with Gasteiger partial charge in [-0.25, -0.2) is 0 Å². The van der Waals surface area contributed by atoms with Gasteiger partial charge in [-0.3, -0.25) is 0 Å². The number of aryl methyl sites for hydroxylation is 1. The topological polar surface area (TPSA) is 45.0 Å². The van der Waals surface area contributed by atoms with Gasteiger partial charge in [-0.05, 0) is 56.3 Å². The molecular weight excluding hydrogens is 248 g/mol. The normalized spacial score (nSPS) is 11.7. The zero-order valence-corrected chi connectivity index (χ0v) is 12.0. The Labute approximate surface area is 119 Å². The molecule has 1 unspecified atom stereocenters. The van der Waals surface area contributed by atoms with Gasteiger partial charge in [-0.1, -0.05) is 18.2 Å². The van der Waals surface area contributed by atoms with Crippen LogP contribution in [0.25, 0.3) is 0 Å². The number of nitrogens with zero attached hydrogens (tertiary/aromatic N) is 1. The smallest absolute Gasteiger partial charge is 0.131 e. The highest BCUT2D eigenvalue weighted by atomic mass is 16.5. The first-order valence-electron chi connectivity index (χ1n) is 6.60. The molecule has 0 fully saturated rings. The molecule has 102 valence electrons. The van der Waals surface area contributed by atoms with Crippen molar-refractivity contribution in [2.75, 3.05) is 7.05 Å². The Balaban J connectivity index is 2.28. The van der Waals surface area contributed by atoms with Gasteiger partial charge in [0, 0.05) is 6.04 Å². The predicted octanol–water partition coefficient (Wildman–Crippen LogP) is 3.94. The van der Waals surface area contributed by atoms with Gasteiger partial charge in [0.1, 0.15) is 11.5 Å². The minimum absolute atomic E-state index is 0.269. The Hall–Kier alpha value is -2.31. The van der Waals surface area contributed by atoms with Crippen LogP contribution < -0.4 is 10.1 Å². The number of rotatable bonds is 4. The standard InChI is InChI=1S/C17H18N2O/c1-12-7-8-14(11-18)9-17(12)20-16-6-4-5-15(10-16)13(2)19-3/h4-10,13,19H,1-3H3. The molecular formula is C17H18N2O. The monoisotopic (exact) mass is 266 g/mol. The molecule has 0 aliphatic heterocycles. The third-order valence-corrected chi connectivity index (χ3v) is 3.34. The SMILES string of the molecule is CNC(C)c1cccc(Oc2cc(C#N)ccc2C)c1. The lowest BCUT2D eigenvalue weighted by molar-refractivity contribution is 0.477. The average molecular weight is 266 g/mol. The van der Waals surface area contributed by atoms with Crippen molar-refractivity contribution >= 4 is 0 Å². The maximum atomic E-state index is 8.95. The Morgan fingerprint density at radius 1 is 1.20 bits per heavy atom. The lowest BCUT2D eigenvalue weighted by Gasteiger charge is -2.13. The summed E-state index contributed by atoms with van der Waals surface area (Å²) in [5.74, 6) is 1.50. The van der Waals surface area contributed by atoms with Crippen LogP contribution in [0.2, 0.25) is 0 Å². The molecule has 3 nitrogen and oxygen atoms in total. The number of ether oxygens (including phenoxy) is 1. The molecule has 0 heterocycles. The third kappa shape index (κ3) is 3.17. The lowest BCUT2D eigenvalue weighted by Crippen LogP contribution is -2.12. The second kappa shape index (κ2) is 6.23. The van der Waals surface area contributed by atoms with Gasteiger partial charge in [0.25, 0.3) is 0 Å². The molecule has 0 saturated heterocycles. The number of hydrogen-bond donors (Lipinski definition) is 1. The fraction of sp³-hybridized carbons (Fsp3) is 0.235. The minimum Gasteiger partial charge on any atom is -0.457 e. The molecule has 0 aliphatic carbocycles. The van der Waals surface area contributed by atoms with Crippen molar-refractivity contribution in [3.63, 3.8) is 0 Å². The zero-order valence-electron chi connectivity index (χ0n) is 12.0. The summed E-state index contributed by atoms with van der Waals surface area (Å²) in [6.07, 6.45) is 0. The van der Waals surface area contributed by atoms with Crippen LogP contribution in [0.4, 0.5) is 0 Å². The molecule has 0 aromatic heterocycles. The summed E-state index contributed by atoms with van der Waals surface area (Å²) >= 11 is 0. The Bertz CT molecular complexity index is 644. The van der Waals surface area contributed by atoms with E-state index in [1.807, 2.05) is 38.2 Å². The summed E-state index contributed by atoms with van der Waals surface area (Å²) in [6, 6.07) is 15.8. The van der Waals surface area contributed by atoms with Gasteiger partial charge in [-0.15, -0.1) is 0 Å². The second-order valence-electron chi connectivity index (χ2n) is 4.78. The summed E-state index contributed by atoms with van der Waals surface area (Å²) in [6.45, 7) is 4.07. The summed E-state index contributed by atoms with van der Waals surface area (Å²) in [5.41, 5.74) is 2.78. The van der Waals surface area contributed by atoms with Crippen molar-refractivity contribution in [2.45, 2.75) is 19.9 Å². The highest BCUT2D eigenvalue weighted by Gasteiger charge is 2.06. The van der Waals surface area contributed by atoms with Gasteiger partial charge in [0.15, 0.2) is 0 Å². The van der Waals surface area contributed by atoms with E-state index in [4.69, 9.17) is 10.00 Å².